The van der Waals surface area contributed by atoms with Crippen molar-refractivity contribution in [2.75, 3.05) is 7.11 Å². The minimum Gasteiger partial charge on any atom is -0.495 e. The second-order valence-electron chi connectivity index (χ2n) is 3.81. The molecular weight excluding hydrogens is 379 g/mol. The Hall–Kier alpha value is -0.510. The Morgan fingerprint density at radius 1 is 1.11 bits per heavy atom. The van der Waals surface area contributed by atoms with Crippen LogP contribution in [0.15, 0.2) is 46.9 Å². The Kier molecular flexibility index (Phi) is 4.71. The predicted octanol–water partition coefficient (Wildman–Crippen LogP) is 5.60. The highest BCUT2D eigenvalue weighted by Gasteiger charge is 2.12. The smallest absolute Gasteiger partial charge is 0.137 e. The summed E-state index contributed by atoms with van der Waals surface area (Å²) in [7, 11) is 1.61. The highest BCUT2D eigenvalue weighted by Crippen LogP contribution is 2.35. The van der Waals surface area contributed by atoms with Crippen molar-refractivity contribution < 1.29 is 4.74 Å². The van der Waals surface area contributed by atoms with Gasteiger partial charge in [0.05, 0.1) is 17.0 Å². The molecule has 1 atom stereocenters. The van der Waals surface area contributed by atoms with E-state index in [-0.39, 0.29) is 4.83 Å². The van der Waals surface area contributed by atoms with E-state index in [0.29, 0.717) is 10.8 Å². The third kappa shape index (κ3) is 3.08. The first kappa shape index (κ1) is 13.9. The zero-order valence-corrected chi connectivity index (χ0v) is 13.6. The number of hydrogen-bond acceptors (Lipinski definition) is 1. The number of methoxy groups -OCH3 is 1. The van der Waals surface area contributed by atoms with Gasteiger partial charge in [-0.05, 0) is 35.4 Å². The molecule has 94 valence electrons. The van der Waals surface area contributed by atoms with Crippen LogP contribution in [0.2, 0.25) is 5.02 Å². The fourth-order valence-corrected chi connectivity index (χ4v) is 2.95. The largest absolute Gasteiger partial charge is 0.495 e. The Morgan fingerprint density at radius 3 is 2.44 bits per heavy atom. The first-order chi connectivity index (χ1) is 8.61. The minimum absolute atomic E-state index is 0.110. The molecule has 0 fully saturated rings. The molecule has 4 heteroatoms. The van der Waals surface area contributed by atoms with Gasteiger partial charge in [-0.1, -0.05) is 61.7 Å². The molecule has 0 aliphatic rings. The average molecular weight is 391 g/mol. The lowest BCUT2D eigenvalue weighted by atomic mass is 10.0. The van der Waals surface area contributed by atoms with E-state index in [2.05, 4.69) is 44.0 Å². The number of hydrogen-bond donors (Lipinski definition) is 0. The van der Waals surface area contributed by atoms with Crippen LogP contribution in [0.4, 0.5) is 0 Å². The van der Waals surface area contributed by atoms with E-state index in [4.69, 9.17) is 16.3 Å². The third-order valence-corrected chi connectivity index (χ3v) is 4.46. The Morgan fingerprint density at radius 2 is 1.83 bits per heavy atom. The highest BCUT2D eigenvalue weighted by molar-refractivity contribution is 9.10. The molecule has 0 amide bonds. The first-order valence-corrected chi connectivity index (χ1v) is 7.43. The number of benzene rings is 2. The summed E-state index contributed by atoms with van der Waals surface area (Å²) in [6, 6.07) is 14.0. The summed E-state index contributed by atoms with van der Waals surface area (Å²) in [5.74, 6) is 0.689. The second-order valence-corrected chi connectivity index (χ2v) is 6.05. The van der Waals surface area contributed by atoms with Gasteiger partial charge in [0.2, 0.25) is 0 Å². The van der Waals surface area contributed by atoms with E-state index in [1.807, 2.05) is 30.3 Å². The molecule has 0 aromatic heterocycles. The number of alkyl halides is 1. The van der Waals surface area contributed by atoms with Crippen LogP contribution in [0, 0.1) is 0 Å². The molecule has 0 N–H and O–H groups in total. The predicted molar refractivity (Wildman–Crippen MR) is 82.9 cm³/mol. The van der Waals surface area contributed by atoms with Crippen LogP contribution in [0.25, 0.3) is 0 Å². The molecule has 0 bridgehead atoms. The van der Waals surface area contributed by atoms with Gasteiger partial charge in [-0.25, -0.2) is 0 Å². The van der Waals surface area contributed by atoms with Gasteiger partial charge in [0, 0.05) is 4.47 Å². The van der Waals surface area contributed by atoms with Crippen LogP contribution in [0.1, 0.15) is 16.0 Å². The van der Waals surface area contributed by atoms with Gasteiger partial charge in [-0.2, -0.15) is 0 Å². The second kappa shape index (κ2) is 6.09. The number of halogens is 3. The fourth-order valence-electron chi connectivity index (χ4n) is 1.70. The molecule has 0 spiro atoms. The average Bonchev–Trinajstić information content (AvgIpc) is 2.37. The van der Waals surface area contributed by atoms with Crippen molar-refractivity contribution in [3.63, 3.8) is 0 Å². The summed E-state index contributed by atoms with van der Waals surface area (Å²) >= 11 is 13.3. The Balaban J connectivity index is 2.34. The van der Waals surface area contributed by atoms with E-state index in [1.165, 1.54) is 5.56 Å². The summed E-state index contributed by atoms with van der Waals surface area (Å²) in [6.45, 7) is 0. The zero-order chi connectivity index (χ0) is 13.1. The van der Waals surface area contributed by atoms with Crippen molar-refractivity contribution in [1.82, 2.24) is 0 Å². The molecule has 0 saturated carbocycles. The summed E-state index contributed by atoms with van der Waals surface area (Å²) < 4.78 is 6.21. The molecule has 0 heterocycles. The standard InChI is InChI=1S/C14H11Br2ClO/c1-18-13-6-5-10(8-12(13)17)14(16)9-3-2-4-11(15)7-9/h2-8,14H,1H3. The third-order valence-electron chi connectivity index (χ3n) is 2.61. The fraction of sp³-hybridized carbons (Fsp3) is 0.143. The molecule has 0 aliphatic heterocycles. The lowest BCUT2D eigenvalue weighted by molar-refractivity contribution is 0.415. The van der Waals surface area contributed by atoms with E-state index >= 15 is 0 Å². The monoisotopic (exact) mass is 388 g/mol. The SMILES string of the molecule is COc1ccc(C(Br)c2cccc(Br)c2)cc1Cl. The van der Waals surface area contributed by atoms with Crippen LogP contribution in [-0.2, 0) is 0 Å². The number of rotatable bonds is 3. The molecule has 2 aromatic rings. The van der Waals surface area contributed by atoms with Gasteiger partial charge in [0.25, 0.3) is 0 Å². The molecule has 2 aromatic carbocycles. The van der Waals surface area contributed by atoms with E-state index < -0.39 is 0 Å². The van der Waals surface area contributed by atoms with Crippen LogP contribution in [0.5, 0.6) is 5.75 Å². The summed E-state index contributed by atoms with van der Waals surface area (Å²) in [5.41, 5.74) is 2.27. The van der Waals surface area contributed by atoms with Gasteiger partial charge in [0.1, 0.15) is 5.75 Å². The van der Waals surface area contributed by atoms with Crippen LogP contribution >= 0.6 is 43.5 Å². The van der Waals surface area contributed by atoms with Crippen molar-refractivity contribution in [3.8, 4) is 5.75 Å². The molecular formula is C14H11Br2ClO. The van der Waals surface area contributed by atoms with Crippen molar-refractivity contribution in [1.29, 1.82) is 0 Å². The molecule has 2 rings (SSSR count). The van der Waals surface area contributed by atoms with Gasteiger partial charge in [0.15, 0.2) is 0 Å². The molecule has 18 heavy (non-hydrogen) atoms. The van der Waals surface area contributed by atoms with Crippen molar-refractivity contribution in [2.45, 2.75) is 4.83 Å². The van der Waals surface area contributed by atoms with Crippen LogP contribution < -0.4 is 4.74 Å². The topological polar surface area (TPSA) is 9.23 Å². The Labute approximate surface area is 128 Å². The highest BCUT2D eigenvalue weighted by atomic mass is 79.9. The summed E-state index contributed by atoms with van der Waals surface area (Å²) in [4.78, 5) is 0.110. The lowest BCUT2D eigenvalue weighted by Crippen LogP contribution is -1.94. The minimum atomic E-state index is 0.110. The maximum atomic E-state index is 6.14. The summed E-state index contributed by atoms with van der Waals surface area (Å²) in [6.07, 6.45) is 0. The molecule has 1 nitrogen and oxygen atoms in total. The Bertz CT molecular complexity index is 557. The molecule has 1 unspecified atom stereocenters. The first-order valence-electron chi connectivity index (χ1n) is 5.35. The van der Waals surface area contributed by atoms with Gasteiger partial charge < -0.3 is 4.74 Å². The number of ether oxygens (including phenoxy) is 1. The zero-order valence-electron chi connectivity index (χ0n) is 9.66. The quantitative estimate of drug-likeness (QED) is 0.620. The van der Waals surface area contributed by atoms with Crippen molar-refractivity contribution in [2.24, 2.45) is 0 Å². The van der Waals surface area contributed by atoms with E-state index in [0.717, 1.165) is 10.0 Å². The van der Waals surface area contributed by atoms with Gasteiger partial charge >= 0.3 is 0 Å². The molecule has 0 aliphatic carbocycles. The van der Waals surface area contributed by atoms with Gasteiger partial charge in [-0.15, -0.1) is 0 Å². The van der Waals surface area contributed by atoms with Crippen molar-refractivity contribution in [3.05, 3.63) is 63.1 Å². The van der Waals surface area contributed by atoms with Crippen LogP contribution in [-0.4, -0.2) is 7.11 Å². The van der Waals surface area contributed by atoms with Gasteiger partial charge in [-0.3, -0.25) is 0 Å². The molecule has 0 radical (unpaired) electrons. The molecule has 0 saturated heterocycles. The maximum absolute atomic E-state index is 6.14. The summed E-state index contributed by atoms with van der Waals surface area (Å²) in [5, 5.41) is 0.620. The van der Waals surface area contributed by atoms with E-state index in [9.17, 15) is 0 Å². The lowest BCUT2D eigenvalue weighted by Gasteiger charge is -2.13. The van der Waals surface area contributed by atoms with Crippen molar-refractivity contribution >= 4 is 43.5 Å². The van der Waals surface area contributed by atoms with Crippen LogP contribution in [0.3, 0.4) is 0 Å². The normalized spacial score (nSPS) is 12.2. The maximum Gasteiger partial charge on any atom is 0.137 e. The van der Waals surface area contributed by atoms with E-state index in [1.54, 1.807) is 7.11 Å².